The number of hydrogen-bond donors (Lipinski definition) is 1. The number of halogens is 2. The predicted octanol–water partition coefficient (Wildman–Crippen LogP) is 3.13. The smallest absolute Gasteiger partial charge is 0.261 e. The van der Waals surface area contributed by atoms with Crippen molar-refractivity contribution >= 4 is 17.3 Å². The number of anilines is 2. The fraction of sp³-hybridized carbons (Fsp3) is 0.133. The summed E-state index contributed by atoms with van der Waals surface area (Å²) in [6, 6.07) is 8.67. The molecule has 2 aromatic rings. The topological polar surface area (TPSA) is 46.3 Å². The minimum atomic E-state index is -0.889. The molecule has 2 N–H and O–H groups in total. The van der Waals surface area contributed by atoms with Crippen LogP contribution in [-0.4, -0.2) is 13.0 Å². The Balaban J connectivity index is 2.42. The molecule has 1 amide bonds. The molecule has 0 saturated carbocycles. The van der Waals surface area contributed by atoms with Gasteiger partial charge in [0.15, 0.2) is 0 Å². The van der Waals surface area contributed by atoms with Crippen LogP contribution < -0.4 is 10.6 Å². The largest absolute Gasteiger partial charge is 0.397 e. The highest BCUT2D eigenvalue weighted by molar-refractivity contribution is 6.07. The van der Waals surface area contributed by atoms with Crippen molar-refractivity contribution < 1.29 is 13.6 Å². The lowest BCUT2D eigenvalue weighted by atomic mass is 10.1. The van der Waals surface area contributed by atoms with Crippen LogP contribution in [0.2, 0.25) is 0 Å². The van der Waals surface area contributed by atoms with Crippen molar-refractivity contribution in [3.05, 3.63) is 59.2 Å². The number of nitrogens with two attached hydrogens (primary N) is 1. The monoisotopic (exact) mass is 276 g/mol. The Kier molecular flexibility index (Phi) is 3.70. The predicted molar refractivity (Wildman–Crippen MR) is 74.7 cm³/mol. The molecule has 3 nitrogen and oxygen atoms in total. The fourth-order valence-corrected chi connectivity index (χ4v) is 1.90. The van der Waals surface area contributed by atoms with Crippen LogP contribution in [0.1, 0.15) is 15.9 Å². The minimum absolute atomic E-state index is 0.186. The van der Waals surface area contributed by atoms with E-state index in [9.17, 15) is 13.6 Å². The van der Waals surface area contributed by atoms with Crippen molar-refractivity contribution in [3.63, 3.8) is 0 Å². The van der Waals surface area contributed by atoms with Crippen LogP contribution in [0.15, 0.2) is 36.4 Å². The molecule has 0 heterocycles. The van der Waals surface area contributed by atoms with Gasteiger partial charge in [-0.1, -0.05) is 12.1 Å². The van der Waals surface area contributed by atoms with Crippen LogP contribution in [-0.2, 0) is 0 Å². The van der Waals surface area contributed by atoms with E-state index in [0.29, 0.717) is 17.4 Å². The van der Waals surface area contributed by atoms with E-state index in [1.54, 1.807) is 24.3 Å². The molecule has 0 fully saturated rings. The second-order valence-electron chi connectivity index (χ2n) is 4.50. The summed E-state index contributed by atoms with van der Waals surface area (Å²) in [7, 11) is 1.49. The molecule has 0 bridgehead atoms. The molecule has 0 aliphatic heterocycles. The Morgan fingerprint density at radius 2 is 1.80 bits per heavy atom. The first-order chi connectivity index (χ1) is 9.41. The average molecular weight is 276 g/mol. The summed E-state index contributed by atoms with van der Waals surface area (Å²) in [6.45, 7) is 1.47. The standard InChI is InChI=1S/C15H14F2N2O/c1-9-7-10(12(17)8-11(9)16)15(20)19(2)14-6-4-3-5-13(14)18/h3-8H,18H2,1-2H3. The summed E-state index contributed by atoms with van der Waals surface area (Å²) in [4.78, 5) is 13.5. The van der Waals surface area contributed by atoms with E-state index in [0.717, 1.165) is 0 Å². The maximum Gasteiger partial charge on any atom is 0.261 e. The first-order valence-electron chi connectivity index (χ1n) is 6.00. The number of nitrogen functional groups attached to an aromatic ring is 1. The molecular formula is C15H14F2N2O. The normalized spacial score (nSPS) is 10.4. The summed E-state index contributed by atoms with van der Waals surface area (Å²) in [6.07, 6.45) is 0. The molecule has 0 atom stereocenters. The molecule has 104 valence electrons. The number of nitrogens with zero attached hydrogens (tertiary/aromatic N) is 1. The van der Waals surface area contributed by atoms with Crippen LogP contribution in [0.5, 0.6) is 0 Å². The van der Waals surface area contributed by atoms with Crippen LogP contribution >= 0.6 is 0 Å². The van der Waals surface area contributed by atoms with E-state index >= 15 is 0 Å². The van der Waals surface area contributed by atoms with Gasteiger partial charge in [-0.2, -0.15) is 0 Å². The van der Waals surface area contributed by atoms with E-state index in [4.69, 9.17) is 5.73 Å². The number of aryl methyl sites for hydroxylation is 1. The zero-order chi connectivity index (χ0) is 14.9. The van der Waals surface area contributed by atoms with Crippen molar-refractivity contribution in [2.45, 2.75) is 6.92 Å². The number of carbonyl (C=O) groups is 1. The molecule has 0 aliphatic rings. The van der Waals surface area contributed by atoms with Gasteiger partial charge in [-0.25, -0.2) is 8.78 Å². The molecular weight excluding hydrogens is 262 g/mol. The molecule has 2 rings (SSSR count). The Bertz CT molecular complexity index is 671. The third-order valence-corrected chi connectivity index (χ3v) is 3.08. The van der Waals surface area contributed by atoms with Crippen molar-refractivity contribution in [1.82, 2.24) is 0 Å². The number of amides is 1. The van der Waals surface area contributed by atoms with Gasteiger partial charge in [-0.3, -0.25) is 4.79 Å². The van der Waals surface area contributed by atoms with Crippen molar-refractivity contribution in [3.8, 4) is 0 Å². The van der Waals surface area contributed by atoms with Gasteiger partial charge in [-0.15, -0.1) is 0 Å². The number of rotatable bonds is 2. The lowest BCUT2D eigenvalue weighted by Crippen LogP contribution is -2.28. The zero-order valence-corrected chi connectivity index (χ0v) is 11.2. The van der Waals surface area contributed by atoms with Crippen LogP contribution in [0, 0.1) is 18.6 Å². The molecule has 0 radical (unpaired) electrons. The lowest BCUT2D eigenvalue weighted by molar-refractivity contribution is 0.0989. The number of benzene rings is 2. The molecule has 20 heavy (non-hydrogen) atoms. The van der Waals surface area contributed by atoms with Gasteiger partial charge in [0.25, 0.3) is 5.91 Å². The highest BCUT2D eigenvalue weighted by Crippen LogP contribution is 2.24. The molecule has 0 aromatic heterocycles. The van der Waals surface area contributed by atoms with Gasteiger partial charge in [0.2, 0.25) is 0 Å². The van der Waals surface area contributed by atoms with Gasteiger partial charge >= 0.3 is 0 Å². The van der Waals surface area contributed by atoms with E-state index in [1.165, 1.54) is 24.9 Å². The Morgan fingerprint density at radius 3 is 2.45 bits per heavy atom. The lowest BCUT2D eigenvalue weighted by Gasteiger charge is -2.19. The third-order valence-electron chi connectivity index (χ3n) is 3.08. The zero-order valence-electron chi connectivity index (χ0n) is 11.2. The van der Waals surface area contributed by atoms with Crippen molar-refractivity contribution in [1.29, 1.82) is 0 Å². The number of hydrogen-bond acceptors (Lipinski definition) is 2. The highest BCUT2D eigenvalue weighted by Gasteiger charge is 2.20. The van der Waals surface area contributed by atoms with E-state index < -0.39 is 17.5 Å². The maximum absolute atomic E-state index is 13.7. The quantitative estimate of drug-likeness (QED) is 0.856. The summed E-state index contributed by atoms with van der Waals surface area (Å²) in [5.41, 5.74) is 6.68. The average Bonchev–Trinajstić information content (AvgIpc) is 2.42. The van der Waals surface area contributed by atoms with Crippen molar-refractivity contribution in [2.75, 3.05) is 17.7 Å². The fourth-order valence-electron chi connectivity index (χ4n) is 1.90. The van der Waals surface area contributed by atoms with E-state index in [2.05, 4.69) is 0 Å². The molecule has 0 aliphatic carbocycles. The molecule has 0 unspecified atom stereocenters. The Hall–Kier alpha value is -2.43. The van der Waals surface area contributed by atoms with E-state index in [-0.39, 0.29) is 11.1 Å². The SMILES string of the molecule is Cc1cc(C(=O)N(C)c2ccccc2N)c(F)cc1F. The molecule has 0 saturated heterocycles. The number of carbonyl (C=O) groups excluding carboxylic acids is 1. The van der Waals surface area contributed by atoms with Gasteiger partial charge in [0, 0.05) is 13.1 Å². The van der Waals surface area contributed by atoms with Gasteiger partial charge in [0.05, 0.1) is 16.9 Å². The minimum Gasteiger partial charge on any atom is -0.397 e. The second kappa shape index (κ2) is 5.28. The third kappa shape index (κ3) is 2.47. The number of para-hydroxylation sites is 2. The first-order valence-corrected chi connectivity index (χ1v) is 6.00. The van der Waals surface area contributed by atoms with Crippen LogP contribution in [0.25, 0.3) is 0 Å². The summed E-state index contributed by atoms with van der Waals surface area (Å²) in [5, 5.41) is 0. The van der Waals surface area contributed by atoms with Crippen molar-refractivity contribution in [2.24, 2.45) is 0 Å². The Labute approximate surface area is 115 Å². The summed E-state index contributed by atoms with van der Waals surface area (Å²) in [5.74, 6) is -2.15. The summed E-state index contributed by atoms with van der Waals surface area (Å²) < 4.78 is 27.0. The summed E-state index contributed by atoms with van der Waals surface area (Å²) >= 11 is 0. The van der Waals surface area contributed by atoms with Gasteiger partial charge < -0.3 is 10.6 Å². The van der Waals surface area contributed by atoms with Crippen LogP contribution in [0.3, 0.4) is 0 Å². The molecule has 2 aromatic carbocycles. The van der Waals surface area contributed by atoms with Crippen LogP contribution in [0.4, 0.5) is 20.2 Å². The maximum atomic E-state index is 13.7. The molecule has 0 spiro atoms. The first kappa shape index (κ1) is 14.0. The van der Waals surface area contributed by atoms with E-state index in [1.807, 2.05) is 0 Å². The van der Waals surface area contributed by atoms with Gasteiger partial charge in [0.1, 0.15) is 11.6 Å². The Morgan fingerprint density at radius 1 is 1.15 bits per heavy atom. The second-order valence-corrected chi connectivity index (χ2v) is 4.50. The molecule has 5 heteroatoms. The highest BCUT2D eigenvalue weighted by atomic mass is 19.1. The van der Waals surface area contributed by atoms with Gasteiger partial charge in [-0.05, 0) is 30.7 Å².